The van der Waals surface area contributed by atoms with Crippen molar-refractivity contribution in [3.05, 3.63) is 18.0 Å². The van der Waals surface area contributed by atoms with Crippen LogP contribution in [-0.2, 0) is 9.53 Å². The van der Waals surface area contributed by atoms with Crippen LogP contribution in [0, 0.1) is 5.92 Å². The highest BCUT2D eigenvalue weighted by atomic mass is 16.5. The zero-order chi connectivity index (χ0) is 13.8. The van der Waals surface area contributed by atoms with E-state index in [1.165, 1.54) is 17.3 Å². The van der Waals surface area contributed by atoms with Crippen molar-refractivity contribution in [2.75, 3.05) is 24.7 Å². The smallest absolute Gasteiger partial charge is 0.341 e. The third-order valence-electron chi connectivity index (χ3n) is 2.85. The Kier molecular flexibility index (Phi) is 4.06. The third-order valence-corrected chi connectivity index (χ3v) is 2.85. The molecule has 0 aromatic carbocycles. The number of aliphatic hydroxyl groups is 1. The Labute approximate surface area is 110 Å². The molecule has 0 spiro atoms. The Morgan fingerprint density at radius 2 is 2.21 bits per heavy atom. The summed E-state index contributed by atoms with van der Waals surface area (Å²) in [7, 11) is 0. The van der Waals surface area contributed by atoms with Gasteiger partial charge in [0, 0.05) is 37.9 Å². The molecule has 0 saturated carbocycles. The van der Waals surface area contributed by atoms with Crippen molar-refractivity contribution in [2.24, 2.45) is 5.92 Å². The number of hydrogen-bond acceptors (Lipinski definition) is 6. The van der Waals surface area contributed by atoms with Gasteiger partial charge in [-0.3, -0.25) is 9.69 Å². The van der Waals surface area contributed by atoms with Crippen molar-refractivity contribution < 1.29 is 19.4 Å². The first kappa shape index (κ1) is 13.4. The molecule has 0 bridgehead atoms. The minimum atomic E-state index is -0.491. The summed E-state index contributed by atoms with van der Waals surface area (Å²) in [5.74, 6) is -0.451. The lowest BCUT2D eigenvalue weighted by Crippen LogP contribution is -2.27. The summed E-state index contributed by atoms with van der Waals surface area (Å²) >= 11 is 0. The molecule has 1 N–H and O–H groups in total. The van der Waals surface area contributed by atoms with E-state index in [0.29, 0.717) is 13.0 Å². The van der Waals surface area contributed by atoms with E-state index in [1.807, 2.05) is 0 Å². The highest BCUT2D eigenvalue weighted by molar-refractivity contribution is 5.94. The van der Waals surface area contributed by atoms with Gasteiger partial charge in [-0.25, -0.2) is 14.8 Å². The molecule has 102 valence electrons. The zero-order valence-electron chi connectivity index (χ0n) is 10.6. The molecule has 1 atom stereocenters. The number of carbonyl (C=O) groups is 2. The molecule has 2 heterocycles. The first-order valence-corrected chi connectivity index (χ1v) is 6.06. The Hall–Kier alpha value is -2.02. The van der Waals surface area contributed by atoms with Crippen LogP contribution < -0.4 is 4.90 Å². The number of esters is 1. The second kappa shape index (κ2) is 5.75. The molecule has 0 radical (unpaired) electrons. The quantitative estimate of drug-likeness (QED) is 0.770. The SMILES string of the molecule is CCOC(=O)c1cnc(N2CC(CO)CC2=O)nc1. The van der Waals surface area contributed by atoms with Gasteiger partial charge < -0.3 is 9.84 Å². The monoisotopic (exact) mass is 265 g/mol. The molecule has 1 aromatic heterocycles. The van der Waals surface area contributed by atoms with Gasteiger partial charge in [0.1, 0.15) is 0 Å². The topological polar surface area (TPSA) is 92.6 Å². The van der Waals surface area contributed by atoms with Crippen LogP contribution in [0.5, 0.6) is 0 Å². The van der Waals surface area contributed by atoms with Gasteiger partial charge in [-0.05, 0) is 6.92 Å². The number of aromatic nitrogens is 2. The predicted octanol–water partition coefficient (Wildman–Crippen LogP) is -0.00150. The van der Waals surface area contributed by atoms with Gasteiger partial charge in [0.2, 0.25) is 11.9 Å². The van der Waals surface area contributed by atoms with E-state index in [9.17, 15) is 9.59 Å². The molecule has 7 nitrogen and oxygen atoms in total. The average Bonchev–Trinajstić information content (AvgIpc) is 2.80. The molecule has 0 aliphatic carbocycles. The van der Waals surface area contributed by atoms with Gasteiger partial charge in [-0.15, -0.1) is 0 Å². The summed E-state index contributed by atoms with van der Waals surface area (Å²) in [5, 5.41) is 9.04. The maximum atomic E-state index is 11.7. The molecule has 1 fully saturated rings. The second-order valence-electron chi connectivity index (χ2n) is 4.25. The maximum absolute atomic E-state index is 11.7. The fraction of sp³-hybridized carbons (Fsp3) is 0.500. The lowest BCUT2D eigenvalue weighted by Gasteiger charge is -2.13. The van der Waals surface area contributed by atoms with Crippen LogP contribution in [0.3, 0.4) is 0 Å². The summed E-state index contributed by atoms with van der Waals surface area (Å²) in [4.78, 5) is 32.5. The van der Waals surface area contributed by atoms with Gasteiger partial charge in [-0.1, -0.05) is 0 Å². The molecule has 1 aliphatic rings. The fourth-order valence-electron chi connectivity index (χ4n) is 1.88. The standard InChI is InChI=1S/C12H15N3O4/c1-2-19-11(18)9-4-13-12(14-5-9)15-6-8(7-16)3-10(15)17/h4-5,8,16H,2-3,6-7H2,1H3. The van der Waals surface area contributed by atoms with Crippen LogP contribution in [0.2, 0.25) is 0 Å². The normalized spacial score (nSPS) is 18.7. The molecule has 1 aliphatic heterocycles. The van der Waals surface area contributed by atoms with Crippen LogP contribution in [0.15, 0.2) is 12.4 Å². The molecule has 1 unspecified atom stereocenters. The number of ether oxygens (including phenoxy) is 1. The Morgan fingerprint density at radius 3 is 2.74 bits per heavy atom. The second-order valence-corrected chi connectivity index (χ2v) is 4.25. The van der Waals surface area contributed by atoms with E-state index in [-0.39, 0.29) is 36.6 Å². The number of hydrogen-bond donors (Lipinski definition) is 1. The highest BCUT2D eigenvalue weighted by Crippen LogP contribution is 2.21. The van der Waals surface area contributed by atoms with E-state index >= 15 is 0 Å². The van der Waals surface area contributed by atoms with E-state index in [0.717, 1.165) is 0 Å². The molecule has 2 rings (SSSR count). The maximum Gasteiger partial charge on any atom is 0.341 e. The largest absolute Gasteiger partial charge is 0.462 e. The summed E-state index contributed by atoms with van der Waals surface area (Å²) in [5.41, 5.74) is 0.246. The van der Waals surface area contributed by atoms with E-state index in [4.69, 9.17) is 9.84 Å². The Morgan fingerprint density at radius 1 is 1.53 bits per heavy atom. The molecule has 1 saturated heterocycles. The van der Waals surface area contributed by atoms with E-state index in [1.54, 1.807) is 6.92 Å². The van der Waals surface area contributed by atoms with Crippen LogP contribution >= 0.6 is 0 Å². The molecule has 7 heteroatoms. The van der Waals surface area contributed by atoms with Gasteiger partial charge in [0.05, 0.1) is 12.2 Å². The van der Waals surface area contributed by atoms with Crippen molar-refractivity contribution in [2.45, 2.75) is 13.3 Å². The first-order chi connectivity index (χ1) is 9.15. The van der Waals surface area contributed by atoms with Crippen LogP contribution in [0.4, 0.5) is 5.95 Å². The zero-order valence-corrected chi connectivity index (χ0v) is 10.6. The van der Waals surface area contributed by atoms with Gasteiger partial charge in [0.25, 0.3) is 0 Å². The van der Waals surface area contributed by atoms with Gasteiger partial charge in [0.15, 0.2) is 0 Å². The van der Waals surface area contributed by atoms with Gasteiger partial charge >= 0.3 is 5.97 Å². The van der Waals surface area contributed by atoms with E-state index < -0.39 is 5.97 Å². The molecule has 19 heavy (non-hydrogen) atoms. The number of nitrogens with zero attached hydrogens (tertiary/aromatic N) is 3. The van der Waals surface area contributed by atoms with Crippen molar-refractivity contribution in [1.29, 1.82) is 0 Å². The van der Waals surface area contributed by atoms with Crippen molar-refractivity contribution in [3.8, 4) is 0 Å². The summed E-state index contributed by atoms with van der Waals surface area (Å²) in [6.45, 7) is 2.35. The van der Waals surface area contributed by atoms with Crippen molar-refractivity contribution >= 4 is 17.8 Å². The molecular weight excluding hydrogens is 250 g/mol. The molecule has 1 amide bonds. The predicted molar refractivity (Wildman–Crippen MR) is 65.5 cm³/mol. The summed E-state index contributed by atoms with van der Waals surface area (Å²) in [6, 6.07) is 0. The molecular formula is C12H15N3O4. The lowest BCUT2D eigenvalue weighted by atomic mass is 10.1. The van der Waals surface area contributed by atoms with Crippen LogP contribution in [0.25, 0.3) is 0 Å². The van der Waals surface area contributed by atoms with E-state index in [2.05, 4.69) is 9.97 Å². The minimum absolute atomic E-state index is 0.0385. The number of amides is 1. The lowest BCUT2D eigenvalue weighted by molar-refractivity contribution is -0.117. The number of anilines is 1. The number of rotatable bonds is 4. The number of carbonyl (C=O) groups excluding carboxylic acids is 2. The Balaban J connectivity index is 2.10. The third kappa shape index (κ3) is 2.87. The number of aliphatic hydroxyl groups excluding tert-OH is 1. The molecule has 1 aromatic rings. The van der Waals surface area contributed by atoms with Crippen molar-refractivity contribution in [3.63, 3.8) is 0 Å². The van der Waals surface area contributed by atoms with Crippen molar-refractivity contribution in [1.82, 2.24) is 9.97 Å². The van der Waals surface area contributed by atoms with Crippen LogP contribution in [-0.4, -0.2) is 46.7 Å². The Bertz CT molecular complexity index is 474. The van der Waals surface area contributed by atoms with Gasteiger partial charge in [-0.2, -0.15) is 0 Å². The minimum Gasteiger partial charge on any atom is -0.462 e. The fourth-order valence-corrected chi connectivity index (χ4v) is 1.88. The average molecular weight is 265 g/mol. The highest BCUT2D eigenvalue weighted by Gasteiger charge is 2.31. The summed E-state index contributed by atoms with van der Waals surface area (Å²) in [6.07, 6.45) is 2.96. The van der Waals surface area contributed by atoms with Crippen LogP contribution in [0.1, 0.15) is 23.7 Å². The summed E-state index contributed by atoms with van der Waals surface area (Å²) < 4.78 is 4.82. The first-order valence-electron chi connectivity index (χ1n) is 6.06.